The van der Waals surface area contributed by atoms with Crippen molar-refractivity contribution in [3.63, 3.8) is 0 Å². The van der Waals surface area contributed by atoms with Crippen molar-refractivity contribution >= 4 is 34.5 Å². The fourth-order valence-corrected chi connectivity index (χ4v) is 4.06. The Morgan fingerprint density at radius 3 is 2.57 bits per heavy atom. The molecule has 2 aromatic carbocycles. The molecule has 1 atom stereocenters. The zero-order valence-electron chi connectivity index (χ0n) is 16.9. The van der Waals surface area contributed by atoms with Gasteiger partial charge in [0.2, 0.25) is 0 Å². The molecule has 0 bridgehead atoms. The average Bonchev–Trinajstić information content (AvgIpc) is 3.02. The zero-order valence-corrected chi connectivity index (χ0v) is 17.8. The number of para-hydroxylation sites is 1. The van der Waals surface area contributed by atoms with Crippen LogP contribution in [0.1, 0.15) is 26.8 Å². The van der Waals surface area contributed by atoms with E-state index in [4.69, 9.17) is 4.74 Å². The number of aliphatic carboxylic acids is 1. The molecule has 0 radical (unpaired) electrons. The van der Waals surface area contributed by atoms with Crippen molar-refractivity contribution in [2.24, 2.45) is 5.41 Å². The summed E-state index contributed by atoms with van der Waals surface area (Å²) in [4.78, 5) is 27.3. The van der Waals surface area contributed by atoms with Crippen LogP contribution in [0.15, 0.2) is 53.7 Å². The van der Waals surface area contributed by atoms with Gasteiger partial charge in [-0.15, -0.1) is 0 Å². The number of thioether (sulfide) groups is 1. The summed E-state index contributed by atoms with van der Waals surface area (Å²) in [6.07, 6.45) is 0. The standard InChI is InChI=1S/C21H23N3O5S/c1-21(2,3)18(19(25)26)23-17-10-9-14(24(27)28)13-16(17)22-20(23)30-12-11-29-15-7-5-4-6-8-15/h4-10,13,18H,11-12H2,1-3H3,(H,25,26). The highest BCUT2D eigenvalue weighted by molar-refractivity contribution is 7.99. The molecule has 0 saturated heterocycles. The van der Waals surface area contributed by atoms with E-state index in [-0.39, 0.29) is 5.69 Å². The van der Waals surface area contributed by atoms with Crippen molar-refractivity contribution in [1.82, 2.24) is 9.55 Å². The molecule has 0 fully saturated rings. The van der Waals surface area contributed by atoms with Crippen molar-refractivity contribution in [3.8, 4) is 5.75 Å². The number of aromatic nitrogens is 2. The average molecular weight is 429 g/mol. The molecule has 0 aliphatic rings. The van der Waals surface area contributed by atoms with Crippen LogP contribution in [0.4, 0.5) is 5.69 Å². The van der Waals surface area contributed by atoms with Gasteiger partial charge in [-0.2, -0.15) is 0 Å². The molecule has 9 heteroatoms. The predicted molar refractivity (Wildman–Crippen MR) is 115 cm³/mol. The maximum Gasteiger partial charge on any atom is 0.327 e. The Morgan fingerprint density at radius 2 is 1.97 bits per heavy atom. The van der Waals surface area contributed by atoms with Crippen LogP contribution in [0.3, 0.4) is 0 Å². The summed E-state index contributed by atoms with van der Waals surface area (Å²) in [6, 6.07) is 12.8. The quantitative estimate of drug-likeness (QED) is 0.237. The van der Waals surface area contributed by atoms with E-state index in [0.29, 0.717) is 28.5 Å². The first-order chi connectivity index (χ1) is 14.2. The van der Waals surface area contributed by atoms with Crippen molar-refractivity contribution in [2.75, 3.05) is 12.4 Å². The summed E-state index contributed by atoms with van der Waals surface area (Å²) in [5, 5.41) is 21.6. The highest BCUT2D eigenvalue weighted by Crippen LogP contribution is 2.38. The number of nitro groups is 1. The smallest absolute Gasteiger partial charge is 0.327 e. The van der Waals surface area contributed by atoms with Gasteiger partial charge in [-0.25, -0.2) is 9.78 Å². The van der Waals surface area contributed by atoms with Crippen LogP contribution in [0.25, 0.3) is 11.0 Å². The van der Waals surface area contributed by atoms with Crippen LogP contribution < -0.4 is 4.74 Å². The topological polar surface area (TPSA) is 107 Å². The Balaban J connectivity index is 1.94. The zero-order chi connectivity index (χ0) is 21.9. The van der Waals surface area contributed by atoms with Crippen LogP contribution in [0.5, 0.6) is 5.75 Å². The number of non-ortho nitro benzene ring substituents is 1. The van der Waals surface area contributed by atoms with E-state index < -0.39 is 22.3 Å². The molecule has 1 aromatic heterocycles. The van der Waals surface area contributed by atoms with Crippen molar-refractivity contribution in [2.45, 2.75) is 32.0 Å². The minimum atomic E-state index is -0.984. The lowest BCUT2D eigenvalue weighted by molar-refractivity contribution is -0.384. The SMILES string of the molecule is CC(C)(C)C(C(=O)O)n1c(SCCOc2ccccc2)nc2cc([N+](=O)[O-])ccc21. The minimum Gasteiger partial charge on any atom is -0.493 e. The molecule has 158 valence electrons. The number of carboxylic acid groups (broad SMARTS) is 1. The summed E-state index contributed by atoms with van der Waals surface area (Å²) >= 11 is 1.36. The maximum absolute atomic E-state index is 12.1. The van der Waals surface area contributed by atoms with Crippen LogP contribution in [0.2, 0.25) is 0 Å². The molecule has 3 aromatic rings. The first-order valence-corrected chi connectivity index (χ1v) is 10.4. The fourth-order valence-electron chi connectivity index (χ4n) is 3.21. The van der Waals surface area contributed by atoms with Crippen molar-refractivity contribution in [1.29, 1.82) is 0 Å². The molecule has 1 unspecified atom stereocenters. The number of hydrogen-bond acceptors (Lipinski definition) is 6. The van der Waals surface area contributed by atoms with E-state index in [2.05, 4.69) is 4.98 Å². The highest BCUT2D eigenvalue weighted by Gasteiger charge is 2.36. The summed E-state index contributed by atoms with van der Waals surface area (Å²) in [5.41, 5.74) is 0.260. The van der Waals surface area contributed by atoms with Gasteiger partial charge in [0.05, 0.1) is 22.6 Å². The van der Waals surface area contributed by atoms with E-state index in [1.54, 1.807) is 10.6 Å². The van der Waals surface area contributed by atoms with E-state index in [0.717, 1.165) is 5.75 Å². The second kappa shape index (κ2) is 8.74. The molecular formula is C21H23N3O5S. The molecular weight excluding hydrogens is 406 g/mol. The lowest BCUT2D eigenvalue weighted by Gasteiger charge is -2.29. The fraction of sp³-hybridized carbons (Fsp3) is 0.333. The normalized spacial score (nSPS) is 12.6. The highest BCUT2D eigenvalue weighted by atomic mass is 32.2. The maximum atomic E-state index is 12.1. The molecule has 0 amide bonds. The Labute approximate surface area is 178 Å². The third kappa shape index (κ3) is 4.73. The van der Waals surface area contributed by atoms with Crippen LogP contribution in [-0.2, 0) is 4.79 Å². The Morgan fingerprint density at radius 1 is 1.27 bits per heavy atom. The summed E-state index contributed by atoms with van der Waals surface area (Å²) in [5.74, 6) is 0.305. The number of ether oxygens (including phenoxy) is 1. The first-order valence-electron chi connectivity index (χ1n) is 9.38. The van der Waals surface area contributed by atoms with E-state index in [9.17, 15) is 20.0 Å². The van der Waals surface area contributed by atoms with Gasteiger partial charge in [-0.1, -0.05) is 50.7 Å². The second-order valence-corrected chi connectivity index (χ2v) is 8.87. The summed E-state index contributed by atoms with van der Waals surface area (Å²) in [6.45, 7) is 5.94. The number of carbonyl (C=O) groups is 1. The Bertz CT molecular complexity index is 1060. The van der Waals surface area contributed by atoms with Crippen LogP contribution in [0, 0.1) is 15.5 Å². The molecule has 0 spiro atoms. The molecule has 0 saturated carbocycles. The van der Waals surface area contributed by atoms with Gasteiger partial charge in [-0.05, 0) is 23.6 Å². The van der Waals surface area contributed by atoms with Crippen LogP contribution >= 0.6 is 11.8 Å². The molecule has 8 nitrogen and oxygen atoms in total. The number of fused-ring (bicyclic) bond motifs is 1. The number of nitrogens with zero attached hydrogens (tertiary/aromatic N) is 3. The minimum absolute atomic E-state index is 0.0845. The van der Waals surface area contributed by atoms with Gasteiger partial charge < -0.3 is 14.4 Å². The first kappa shape index (κ1) is 21.6. The van der Waals surface area contributed by atoms with E-state index in [1.807, 2.05) is 51.1 Å². The van der Waals surface area contributed by atoms with E-state index >= 15 is 0 Å². The van der Waals surface area contributed by atoms with Gasteiger partial charge in [-0.3, -0.25) is 10.1 Å². The van der Waals surface area contributed by atoms with Gasteiger partial charge >= 0.3 is 5.97 Å². The van der Waals surface area contributed by atoms with Gasteiger partial charge in [0.25, 0.3) is 5.69 Å². The molecule has 0 aliphatic heterocycles. The number of imidazole rings is 1. The number of carboxylic acids is 1. The Hall–Kier alpha value is -3.07. The number of nitro benzene ring substituents is 1. The lowest BCUT2D eigenvalue weighted by atomic mass is 9.86. The van der Waals surface area contributed by atoms with Crippen LogP contribution in [-0.4, -0.2) is 37.9 Å². The summed E-state index contributed by atoms with van der Waals surface area (Å²) < 4.78 is 7.37. The number of benzene rings is 2. The Kier molecular flexibility index (Phi) is 6.31. The van der Waals surface area contributed by atoms with Gasteiger partial charge in [0.15, 0.2) is 5.16 Å². The molecule has 0 aliphatic carbocycles. The monoisotopic (exact) mass is 429 g/mol. The van der Waals surface area contributed by atoms with Crippen molar-refractivity contribution in [3.05, 3.63) is 58.6 Å². The van der Waals surface area contributed by atoms with Crippen molar-refractivity contribution < 1.29 is 19.6 Å². The summed E-state index contributed by atoms with van der Waals surface area (Å²) in [7, 11) is 0. The predicted octanol–water partition coefficient (Wildman–Crippen LogP) is 4.79. The molecule has 30 heavy (non-hydrogen) atoms. The van der Waals surface area contributed by atoms with E-state index in [1.165, 1.54) is 23.9 Å². The van der Waals surface area contributed by atoms with Gasteiger partial charge in [0.1, 0.15) is 11.8 Å². The third-order valence-corrected chi connectivity index (χ3v) is 5.41. The lowest BCUT2D eigenvalue weighted by Crippen LogP contribution is -2.32. The number of hydrogen-bond donors (Lipinski definition) is 1. The molecule has 3 rings (SSSR count). The molecule has 1 heterocycles. The number of rotatable bonds is 8. The second-order valence-electron chi connectivity index (χ2n) is 7.81. The molecule has 1 N–H and O–H groups in total. The largest absolute Gasteiger partial charge is 0.493 e. The van der Waals surface area contributed by atoms with Gasteiger partial charge in [0, 0.05) is 17.9 Å². The third-order valence-electron chi connectivity index (χ3n) is 4.49.